The zero-order valence-electron chi connectivity index (χ0n) is 9.96. The zero-order valence-corrected chi connectivity index (χ0v) is 9.96. The summed E-state index contributed by atoms with van der Waals surface area (Å²) < 4.78 is 7.65. The number of rotatable bonds is 8. The van der Waals surface area contributed by atoms with Crippen LogP contribution in [0.4, 0.5) is 0 Å². The minimum absolute atomic E-state index is 0.802. The first-order valence-electron chi connectivity index (χ1n) is 6.02. The van der Waals surface area contributed by atoms with Crippen molar-refractivity contribution in [2.45, 2.75) is 46.1 Å². The summed E-state index contributed by atoms with van der Waals surface area (Å²) in [4.78, 5) is 3.27. The molecule has 0 aromatic carbocycles. The molecule has 0 fully saturated rings. The van der Waals surface area contributed by atoms with Gasteiger partial charge < -0.3 is 4.74 Å². The maximum absolute atomic E-state index is 5.35. The van der Waals surface area contributed by atoms with Gasteiger partial charge in [0.25, 0.3) is 5.82 Å². The summed E-state index contributed by atoms with van der Waals surface area (Å²) in [5.74, 6) is 1.28. The Morgan fingerprint density at radius 1 is 1.33 bits per heavy atom. The van der Waals surface area contributed by atoms with E-state index in [1.807, 2.05) is 13.1 Å². The first-order valence-corrected chi connectivity index (χ1v) is 6.02. The molecule has 3 heteroatoms. The minimum atomic E-state index is 0.802. The van der Waals surface area contributed by atoms with E-state index in [0.29, 0.717) is 0 Å². The van der Waals surface area contributed by atoms with E-state index in [1.54, 1.807) is 0 Å². The maximum Gasteiger partial charge on any atom is 0.256 e. The van der Waals surface area contributed by atoms with Crippen LogP contribution < -0.4 is 4.57 Å². The number of hydrogen-bond donors (Lipinski definition) is 1. The molecule has 0 radical (unpaired) electrons. The highest BCUT2D eigenvalue weighted by Gasteiger charge is 2.09. The van der Waals surface area contributed by atoms with Crippen molar-refractivity contribution in [3.8, 4) is 0 Å². The third-order valence-corrected chi connectivity index (χ3v) is 2.54. The van der Waals surface area contributed by atoms with Crippen LogP contribution in [0.15, 0.2) is 12.4 Å². The molecule has 1 N–H and O–H groups in total. The number of ether oxygens (including phenoxy) is 1. The van der Waals surface area contributed by atoms with E-state index in [-0.39, 0.29) is 0 Å². The molecule has 1 aromatic heterocycles. The summed E-state index contributed by atoms with van der Waals surface area (Å²) in [5.41, 5.74) is 0. The second kappa shape index (κ2) is 7.46. The van der Waals surface area contributed by atoms with E-state index < -0.39 is 0 Å². The van der Waals surface area contributed by atoms with Gasteiger partial charge in [-0.3, -0.25) is 0 Å². The van der Waals surface area contributed by atoms with E-state index in [1.165, 1.54) is 25.1 Å². The SMILES string of the molecule is CCCCC[n+]1cc[nH]c1CCOCC. The van der Waals surface area contributed by atoms with Crippen molar-refractivity contribution in [3.63, 3.8) is 0 Å². The van der Waals surface area contributed by atoms with E-state index >= 15 is 0 Å². The Balaban J connectivity index is 2.32. The molecule has 1 rings (SSSR count). The van der Waals surface area contributed by atoms with Crippen LogP contribution in [0.25, 0.3) is 0 Å². The Bertz CT molecular complexity index is 233. The largest absolute Gasteiger partial charge is 0.381 e. The number of hydrogen-bond acceptors (Lipinski definition) is 1. The molecule has 0 spiro atoms. The molecule has 86 valence electrons. The van der Waals surface area contributed by atoms with Gasteiger partial charge in [-0.1, -0.05) is 13.3 Å². The number of aromatic nitrogens is 2. The summed E-state index contributed by atoms with van der Waals surface area (Å²) in [6, 6.07) is 0. The average Bonchev–Trinajstić information content (AvgIpc) is 2.67. The van der Waals surface area contributed by atoms with Crippen molar-refractivity contribution in [1.29, 1.82) is 0 Å². The minimum Gasteiger partial charge on any atom is -0.381 e. The van der Waals surface area contributed by atoms with Gasteiger partial charge in [0, 0.05) is 6.61 Å². The second-order valence-electron chi connectivity index (χ2n) is 3.75. The Labute approximate surface area is 92.5 Å². The van der Waals surface area contributed by atoms with E-state index in [2.05, 4.69) is 22.7 Å². The lowest BCUT2D eigenvalue weighted by molar-refractivity contribution is -0.703. The summed E-state index contributed by atoms with van der Waals surface area (Å²) in [5, 5.41) is 0. The molecule has 15 heavy (non-hydrogen) atoms. The molecule has 0 saturated heterocycles. The predicted molar refractivity (Wildman–Crippen MR) is 60.7 cm³/mol. The topological polar surface area (TPSA) is 28.9 Å². The molecule has 1 aromatic rings. The van der Waals surface area contributed by atoms with Crippen molar-refractivity contribution in [2.24, 2.45) is 0 Å². The highest BCUT2D eigenvalue weighted by Crippen LogP contribution is 1.96. The number of aromatic amines is 1. The number of nitrogens with zero attached hydrogens (tertiary/aromatic N) is 1. The van der Waals surface area contributed by atoms with Crippen LogP contribution in [0.3, 0.4) is 0 Å². The highest BCUT2D eigenvalue weighted by molar-refractivity contribution is 4.77. The third kappa shape index (κ3) is 4.47. The summed E-state index contributed by atoms with van der Waals surface area (Å²) >= 11 is 0. The summed E-state index contributed by atoms with van der Waals surface area (Å²) in [7, 11) is 0. The molecule has 0 amide bonds. The second-order valence-corrected chi connectivity index (χ2v) is 3.75. The number of unbranched alkanes of at least 4 members (excludes halogenated alkanes) is 2. The summed E-state index contributed by atoms with van der Waals surface area (Å²) in [6.45, 7) is 7.00. The van der Waals surface area contributed by atoms with Crippen molar-refractivity contribution < 1.29 is 9.30 Å². The van der Waals surface area contributed by atoms with Crippen molar-refractivity contribution in [3.05, 3.63) is 18.2 Å². The molecular formula is C12H23N2O+. The predicted octanol–water partition coefficient (Wildman–Crippen LogP) is 2.07. The maximum atomic E-state index is 5.35. The Morgan fingerprint density at radius 2 is 2.20 bits per heavy atom. The molecule has 1 heterocycles. The van der Waals surface area contributed by atoms with Crippen LogP contribution in [-0.4, -0.2) is 18.2 Å². The van der Waals surface area contributed by atoms with Gasteiger partial charge in [-0.15, -0.1) is 0 Å². The quantitative estimate of drug-likeness (QED) is 0.517. The number of nitrogens with one attached hydrogen (secondary N) is 1. The molecule has 0 atom stereocenters. The van der Waals surface area contributed by atoms with Crippen LogP contribution in [0.2, 0.25) is 0 Å². The van der Waals surface area contributed by atoms with Crippen molar-refractivity contribution in [1.82, 2.24) is 4.98 Å². The number of H-pyrrole nitrogens is 1. The lowest BCUT2D eigenvalue weighted by Gasteiger charge is -2.01. The number of aryl methyl sites for hydroxylation is 1. The number of imidazole rings is 1. The smallest absolute Gasteiger partial charge is 0.256 e. The first-order chi connectivity index (χ1) is 7.38. The molecular weight excluding hydrogens is 188 g/mol. The van der Waals surface area contributed by atoms with Crippen LogP contribution in [0.5, 0.6) is 0 Å². The molecule has 0 unspecified atom stereocenters. The fraction of sp³-hybridized carbons (Fsp3) is 0.750. The molecule has 0 aliphatic rings. The van der Waals surface area contributed by atoms with Crippen molar-refractivity contribution in [2.75, 3.05) is 13.2 Å². The standard InChI is InChI=1S/C12H22N2O/c1-3-5-6-9-14-10-8-13-12(14)7-11-15-4-2/h8,10H,3-7,9,11H2,1-2H3/p+1. The Hall–Kier alpha value is -0.830. The lowest BCUT2D eigenvalue weighted by atomic mass is 10.2. The van der Waals surface area contributed by atoms with E-state index in [0.717, 1.165) is 26.2 Å². The monoisotopic (exact) mass is 211 g/mol. The highest BCUT2D eigenvalue weighted by atomic mass is 16.5. The van der Waals surface area contributed by atoms with Gasteiger partial charge in [0.15, 0.2) is 0 Å². The lowest BCUT2D eigenvalue weighted by Crippen LogP contribution is -2.36. The molecule has 0 aliphatic heterocycles. The molecule has 0 saturated carbocycles. The van der Waals surface area contributed by atoms with Gasteiger partial charge >= 0.3 is 0 Å². The van der Waals surface area contributed by atoms with Gasteiger partial charge in [0.2, 0.25) is 0 Å². The average molecular weight is 211 g/mol. The van der Waals surface area contributed by atoms with E-state index in [9.17, 15) is 0 Å². The zero-order chi connectivity index (χ0) is 10.9. The van der Waals surface area contributed by atoms with Gasteiger partial charge in [-0.05, 0) is 19.8 Å². The third-order valence-electron chi connectivity index (χ3n) is 2.54. The first kappa shape index (κ1) is 12.2. The van der Waals surface area contributed by atoms with Gasteiger partial charge in [0.1, 0.15) is 12.4 Å². The van der Waals surface area contributed by atoms with E-state index in [4.69, 9.17) is 4.74 Å². The molecule has 0 bridgehead atoms. The Morgan fingerprint density at radius 3 is 2.93 bits per heavy atom. The fourth-order valence-electron chi connectivity index (χ4n) is 1.67. The van der Waals surface area contributed by atoms with Gasteiger partial charge in [-0.25, -0.2) is 9.55 Å². The van der Waals surface area contributed by atoms with Crippen LogP contribution in [-0.2, 0) is 17.7 Å². The van der Waals surface area contributed by atoms with Crippen LogP contribution in [0, 0.1) is 0 Å². The molecule has 3 nitrogen and oxygen atoms in total. The normalized spacial score (nSPS) is 10.8. The van der Waals surface area contributed by atoms with Crippen LogP contribution >= 0.6 is 0 Å². The Kier molecular flexibility index (Phi) is 6.09. The van der Waals surface area contributed by atoms with Gasteiger partial charge in [-0.2, -0.15) is 0 Å². The fourth-order valence-corrected chi connectivity index (χ4v) is 1.67. The van der Waals surface area contributed by atoms with Crippen LogP contribution in [0.1, 0.15) is 38.9 Å². The van der Waals surface area contributed by atoms with Crippen molar-refractivity contribution >= 4 is 0 Å². The molecule has 0 aliphatic carbocycles. The van der Waals surface area contributed by atoms with Gasteiger partial charge in [0.05, 0.1) is 19.6 Å². The summed E-state index contributed by atoms with van der Waals surface area (Å²) in [6.07, 6.45) is 8.96.